The predicted octanol–water partition coefficient (Wildman–Crippen LogP) is 3.00. The quantitative estimate of drug-likeness (QED) is 0.714. The summed E-state index contributed by atoms with van der Waals surface area (Å²) in [6.45, 7) is 3.02. The number of hydrogen-bond acceptors (Lipinski definition) is 2. The van der Waals surface area contributed by atoms with Crippen LogP contribution in [0.4, 0.5) is 5.69 Å². The van der Waals surface area contributed by atoms with Gasteiger partial charge >= 0.3 is 0 Å². The van der Waals surface area contributed by atoms with Crippen LogP contribution in [0.5, 0.6) is 0 Å². The third-order valence-electron chi connectivity index (χ3n) is 2.12. The number of halogens is 1. The van der Waals surface area contributed by atoms with Crippen molar-refractivity contribution in [2.45, 2.75) is 13.3 Å². The summed E-state index contributed by atoms with van der Waals surface area (Å²) in [5, 5.41) is 0.514. The topological polar surface area (TPSA) is 20.3 Å². The van der Waals surface area contributed by atoms with Crippen LogP contribution in [0.25, 0.3) is 0 Å². The zero-order valence-electron chi connectivity index (χ0n) is 8.46. The van der Waals surface area contributed by atoms with Crippen LogP contribution in [0.15, 0.2) is 18.2 Å². The largest absolute Gasteiger partial charge is 0.374 e. The van der Waals surface area contributed by atoms with Crippen molar-refractivity contribution in [2.24, 2.45) is 0 Å². The van der Waals surface area contributed by atoms with Crippen molar-refractivity contribution in [1.82, 2.24) is 0 Å². The smallest absolute Gasteiger partial charge is 0.153 e. The number of benzene rings is 1. The van der Waals surface area contributed by atoms with E-state index in [1.54, 1.807) is 6.07 Å². The van der Waals surface area contributed by atoms with Crippen LogP contribution in [-0.2, 0) is 0 Å². The highest BCUT2D eigenvalue weighted by molar-refractivity contribution is 6.33. The fourth-order valence-electron chi connectivity index (χ4n) is 1.43. The monoisotopic (exact) mass is 211 g/mol. The zero-order chi connectivity index (χ0) is 10.6. The van der Waals surface area contributed by atoms with Gasteiger partial charge in [-0.3, -0.25) is 4.79 Å². The maximum absolute atomic E-state index is 10.8. The molecular weight excluding hydrogens is 198 g/mol. The van der Waals surface area contributed by atoms with Crippen LogP contribution in [0, 0.1) is 0 Å². The van der Waals surface area contributed by atoms with Crippen molar-refractivity contribution < 1.29 is 4.79 Å². The summed E-state index contributed by atoms with van der Waals surface area (Å²) >= 11 is 5.92. The molecule has 0 radical (unpaired) electrons. The van der Waals surface area contributed by atoms with Gasteiger partial charge in [-0.1, -0.05) is 24.6 Å². The molecule has 0 aliphatic carbocycles. The molecule has 76 valence electrons. The predicted molar refractivity (Wildman–Crippen MR) is 60.4 cm³/mol. The van der Waals surface area contributed by atoms with E-state index in [0.717, 1.165) is 24.9 Å². The fourth-order valence-corrected chi connectivity index (χ4v) is 1.65. The summed E-state index contributed by atoms with van der Waals surface area (Å²) in [4.78, 5) is 12.9. The van der Waals surface area contributed by atoms with Gasteiger partial charge in [0, 0.05) is 19.3 Å². The molecule has 0 unspecified atom stereocenters. The Morgan fingerprint density at radius 3 is 2.79 bits per heavy atom. The molecule has 0 aliphatic rings. The number of rotatable bonds is 4. The maximum atomic E-state index is 10.8. The van der Waals surface area contributed by atoms with Crippen LogP contribution in [-0.4, -0.2) is 19.9 Å². The highest BCUT2D eigenvalue weighted by atomic mass is 35.5. The van der Waals surface area contributed by atoms with Crippen molar-refractivity contribution in [3.63, 3.8) is 0 Å². The van der Waals surface area contributed by atoms with Gasteiger partial charge in [-0.25, -0.2) is 0 Å². The Labute approximate surface area is 89.5 Å². The lowest BCUT2D eigenvalue weighted by atomic mass is 10.2. The third-order valence-corrected chi connectivity index (χ3v) is 2.45. The van der Waals surface area contributed by atoms with E-state index in [4.69, 9.17) is 11.6 Å². The molecule has 14 heavy (non-hydrogen) atoms. The van der Waals surface area contributed by atoms with Crippen molar-refractivity contribution in [3.8, 4) is 0 Å². The van der Waals surface area contributed by atoms with Gasteiger partial charge < -0.3 is 4.90 Å². The molecule has 0 spiro atoms. The van der Waals surface area contributed by atoms with Gasteiger partial charge in [-0.2, -0.15) is 0 Å². The van der Waals surface area contributed by atoms with Gasteiger partial charge in [0.15, 0.2) is 6.29 Å². The summed E-state index contributed by atoms with van der Waals surface area (Å²) in [6, 6.07) is 5.50. The van der Waals surface area contributed by atoms with Gasteiger partial charge in [0.1, 0.15) is 0 Å². The normalized spacial score (nSPS) is 9.93. The Hall–Kier alpha value is -1.02. The minimum Gasteiger partial charge on any atom is -0.374 e. The summed E-state index contributed by atoms with van der Waals surface area (Å²) in [5.74, 6) is 0. The van der Waals surface area contributed by atoms with E-state index in [0.29, 0.717) is 10.6 Å². The van der Waals surface area contributed by atoms with Crippen molar-refractivity contribution in [1.29, 1.82) is 0 Å². The average molecular weight is 212 g/mol. The molecule has 0 amide bonds. The summed E-state index contributed by atoms with van der Waals surface area (Å²) in [6.07, 6.45) is 1.85. The Bertz CT molecular complexity index is 325. The first kappa shape index (κ1) is 11.1. The molecule has 0 fully saturated rings. The number of carbonyl (C=O) groups is 1. The van der Waals surface area contributed by atoms with Crippen LogP contribution < -0.4 is 4.90 Å². The summed E-state index contributed by atoms with van der Waals surface area (Å²) < 4.78 is 0. The second-order valence-corrected chi connectivity index (χ2v) is 3.62. The Morgan fingerprint density at radius 1 is 1.50 bits per heavy atom. The molecule has 0 aliphatic heterocycles. The molecule has 2 nitrogen and oxygen atoms in total. The van der Waals surface area contributed by atoms with E-state index in [1.807, 2.05) is 24.1 Å². The third kappa shape index (κ3) is 2.26. The van der Waals surface area contributed by atoms with E-state index in [1.165, 1.54) is 0 Å². The first-order valence-corrected chi connectivity index (χ1v) is 5.03. The highest BCUT2D eigenvalue weighted by Crippen LogP contribution is 2.24. The molecule has 0 aromatic heterocycles. The molecule has 1 rings (SSSR count). The van der Waals surface area contributed by atoms with Gasteiger partial charge in [-0.05, 0) is 18.6 Å². The molecule has 1 aromatic carbocycles. The minimum absolute atomic E-state index is 0.514. The lowest BCUT2D eigenvalue weighted by Crippen LogP contribution is -2.19. The van der Waals surface area contributed by atoms with E-state index >= 15 is 0 Å². The van der Waals surface area contributed by atoms with E-state index < -0.39 is 0 Å². The van der Waals surface area contributed by atoms with Gasteiger partial charge in [0.25, 0.3) is 0 Å². The highest BCUT2D eigenvalue weighted by Gasteiger charge is 2.08. The number of aldehydes is 1. The number of nitrogens with zero attached hydrogens (tertiary/aromatic N) is 1. The number of carbonyl (C=O) groups excluding carboxylic acids is 1. The van der Waals surface area contributed by atoms with Crippen LogP contribution in [0.1, 0.15) is 23.7 Å². The summed E-state index contributed by atoms with van der Waals surface area (Å²) in [7, 11) is 1.96. The molecule has 0 bridgehead atoms. The molecule has 1 aromatic rings. The Balaban J connectivity index is 3.06. The molecule has 0 atom stereocenters. The molecule has 3 heteroatoms. The second kappa shape index (κ2) is 5.01. The first-order valence-electron chi connectivity index (χ1n) is 4.65. The van der Waals surface area contributed by atoms with E-state index in [2.05, 4.69) is 6.92 Å². The maximum Gasteiger partial charge on any atom is 0.153 e. The van der Waals surface area contributed by atoms with Crippen LogP contribution in [0.3, 0.4) is 0 Å². The number of hydrogen-bond donors (Lipinski definition) is 0. The Kier molecular flexibility index (Phi) is 3.96. The molecule has 0 heterocycles. The standard InChI is InChI=1S/C11H14ClNO/c1-3-7-13(2)11-6-4-5-10(12)9(11)8-14/h4-6,8H,3,7H2,1-2H3. The number of anilines is 1. The van der Waals surface area contributed by atoms with Crippen LogP contribution >= 0.6 is 11.6 Å². The van der Waals surface area contributed by atoms with Crippen molar-refractivity contribution in [2.75, 3.05) is 18.5 Å². The molecular formula is C11H14ClNO. The zero-order valence-corrected chi connectivity index (χ0v) is 9.21. The minimum atomic E-state index is 0.514. The van der Waals surface area contributed by atoms with Crippen molar-refractivity contribution in [3.05, 3.63) is 28.8 Å². The fraction of sp³-hybridized carbons (Fsp3) is 0.364. The van der Waals surface area contributed by atoms with Crippen LogP contribution in [0.2, 0.25) is 5.02 Å². The van der Waals surface area contributed by atoms with Gasteiger partial charge in [0.05, 0.1) is 10.6 Å². The van der Waals surface area contributed by atoms with E-state index in [-0.39, 0.29) is 0 Å². The second-order valence-electron chi connectivity index (χ2n) is 3.21. The first-order chi connectivity index (χ1) is 6.70. The summed E-state index contributed by atoms with van der Waals surface area (Å²) in [5.41, 5.74) is 1.47. The molecule has 0 saturated heterocycles. The van der Waals surface area contributed by atoms with E-state index in [9.17, 15) is 4.79 Å². The van der Waals surface area contributed by atoms with Gasteiger partial charge in [0.2, 0.25) is 0 Å². The average Bonchev–Trinajstić information content (AvgIpc) is 2.17. The van der Waals surface area contributed by atoms with Gasteiger partial charge in [-0.15, -0.1) is 0 Å². The van der Waals surface area contributed by atoms with Crippen molar-refractivity contribution >= 4 is 23.6 Å². The Morgan fingerprint density at radius 2 is 2.21 bits per heavy atom. The lowest BCUT2D eigenvalue weighted by Gasteiger charge is -2.20. The lowest BCUT2D eigenvalue weighted by molar-refractivity contribution is 0.112. The molecule has 0 N–H and O–H groups in total. The molecule has 0 saturated carbocycles. The SMILES string of the molecule is CCCN(C)c1cccc(Cl)c1C=O.